The van der Waals surface area contributed by atoms with Crippen molar-refractivity contribution in [3.63, 3.8) is 0 Å². The number of hydrogen-bond donors (Lipinski definition) is 0. The molecule has 2 heteroatoms. The third-order valence-electron chi connectivity index (χ3n) is 2.30. The van der Waals surface area contributed by atoms with Crippen molar-refractivity contribution in [2.24, 2.45) is 4.99 Å². The van der Waals surface area contributed by atoms with Gasteiger partial charge in [-0.3, -0.25) is 4.99 Å². The summed E-state index contributed by atoms with van der Waals surface area (Å²) in [5.74, 6) is 0. The molecule has 76 valence electrons. The van der Waals surface area contributed by atoms with Crippen LogP contribution in [0.2, 0.25) is 0 Å². The van der Waals surface area contributed by atoms with Gasteiger partial charge in [-0.05, 0) is 35.9 Å². The van der Waals surface area contributed by atoms with E-state index in [1.807, 2.05) is 26.2 Å². The summed E-state index contributed by atoms with van der Waals surface area (Å²) in [5.41, 5.74) is 3.40. The summed E-state index contributed by atoms with van der Waals surface area (Å²) in [6.07, 6.45) is 7.82. The Kier molecular flexibility index (Phi) is 2.68. The van der Waals surface area contributed by atoms with Crippen molar-refractivity contribution in [2.45, 2.75) is 0 Å². The highest BCUT2D eigenvalue weighted by Crippen LogP contribution is 2.16. The molecular weight excluding hydrogens is 184 g/mol. The molecule has 1 aliphatic rings. The Balaban J connectivity index is 2.21. The highest BCUT2D eigenvalue weighted by molar-refractivity contribution is 5.79. The molecule has 1 heterocycles. The Morgan fingerprint density at radius 3 is 2.40 bits per heavy atom. The normalized spacial score (nSPS) is 16.3. The number of anilines is 1. The monoisotopic (exact) mass is 198 g/mol. The highest BCUT2D eigenvalue weighted by atomic mass is 15.1. The fraction of sp³-hybridized carbons (Fsp3) is 0.154. The molecule has 2 nitrogen and oxygen atoms in total. The number of benzene rings is 1. The standard InChI is InChI=1S/C13H14N2/c1-15(2)13-7-5-11(6-8-13)10-12-4-3-9-14-12/h3-10H,1-2H3/b12-10-. The maximum atomic E-state index is 4.20. The molecule has 0 atom stereocenters. The number of nitrogens with zero attached hydrogens (tertiary/aromatic N) is 2. The lowest BCUT2D eigenvalue weighted by Gasteiger charge is -2.11. The summed E-state index contributed by atoms with van der Waals surface area (Å²) < 4.78 is 0. The van der Waals surface area contributed by atoms with E-state index in [0.717, 1.165) is 5.70 Å². The van der Waals surface area contributed by atoms with Gasteiger partial charge in [0.25, 0.3) is 0 Å². The van der Waals surface area contributed by atoms with Gasteiger partial charge >= 0.3 is 0 Å². The molecule has 1 aromatic carbocycles. The SMILES string of the molecule is CN(C)c1ccc(/C=C2/C=CC=N2)cc1. The summed E-state index contributed by atoms with van der Waals surface area (Å²) in [7, 11) is 4.08. The van der Waals surface area contributed by atoms with Crippen molar-refractivity contribution < 1.29 is 0 Å². The number of rotatable bonds is 2. The zero-order valence-electron chi connectivity index (χ0n) is 9.01. The molecule has 0 amide bonds. The van der Waals surface area contributed by atoms with Crippen LogP contribution in [0.25, 0.3) is 6.08 Å². The molecule has 1 aliphatic heterocycles. The fourth-order valence-corrected chi connectivity index (χ4v) is 1.44. The molecule has 0 N–H and O–H groups in total. The summed E-state index contributed by atoms with van der Waals surface area (Å²) in [5, 5.41) is 0. The zero-order valence-corrected chi connectivity index (χ0v) is 9.01. The Morgan fingerprint density at radius 2 is 1.87 bits per heavy atom. The van der Waals surface area contributed by atoms with Gasteiger partial charge in [-0.2, -0.15) is 0 Å². The summed E-state index contributed by atoms with van der Waals surface area (Å²) >= 11 is 0. The minimum atomic E-state index is 1.01. The molecule has 0 aromatic heterocycles. The minimum Gasteiger partial charge on any atom is -0.378 e. The Hall–Kier alpha value is -1.83. The van der Waals surface area contributed by atoms with Crippen LogP contribution in [0.4, 0.5) is 5.69 Å². The third kappa shape index (κ3) is 2.34. The molecule has 2 rings (SSSR count). The van der Waals surface area contributed by atoms with Crippen molar-refractivity contribution in [1.82, 2.24) is 0 Å². The van der Waals surface area contributed by atoms with Crippen LogP contribution < -0.4 is 4.90 Å². The van der Waals surface area contributed by atoms with Crippen molar-refractivity contribution in [3.8, 4) is 0 Å². The lowest BCUT2D eigenvalue weighted by molar-refractivity contribution is 1.13. The van der Waals surface area contributed by atoms with Crippen LogP contribution in [0.1, 0.15) is 5.56 Å². The first-order valence-corrected chi connectivity index (χ1v) is 4.95. The van der Waals surface area contributed by atoms with E-state index in [9.17, 15) is 0 Å². The van der Waals surface area contributed by atoms with E-state index in [4.69, 9.17) is 0 Å². The van der Waals surface area contributed by atoms with E-state index >= 15 is 0 Å². The van der Waals surface area contributed by atoms with E-state index < -0.39 is 0 Å². The minimum absolute atomic E-state index is 1.01. The highest BCUT2D eigenvalue weighted by Gasteiger charge is 1.96. The zero-order chi connectivity index (χ0) is 10.7. The van der Waals surface area contributed by atoms with Crippen LogP contribution in [0.3, 0.4) is 0 Å². The van der Waals surface area contributed by atoms with E-state index in [0.29, 0.717) is 0 Å². The van der Waals surface area contributed by atoms with Crippen LogP contribution in [0.15, 0.2) is 47.1 Å². The molecular formula is C13H14N2. The lowest BCUT2D eigenvalue weighted by atomic mass is 10.1. The summed E-state index contributed by atoms with van der Waals surface area (Å²) in [6, 6.07) is 8.41. The molecule has 0 aliphatic carbocycles. The van der Waals surface area contributed by atoms with Crippen molar-refractivity contribution in [1.29, 1.82) is 0 Å². The predicted octanol–water partition coefficient (Wildman–Crippen LogP) is 2.73. The maximum absolute atomic E-state index is 4.20. The van der Waals surface area contributed by atoms with E-state index in [2.05, 4.69) is 40.2 Å². The van der Waals surface area contributed by atoms with Gasteiger partial charge in [0.1, 0.15) is 0 Å². The van der Waals surface area contributed by atoms with Crippen LogP contribution in [-0.2, 0) is 0 Å². The van der Waals surface area contributed by atoms with Gasteiger partial charge in [0.15, 0.2) is 0 Å². The molecule has 0 bridgehead atoms. The van der Waals surface area contributed by atoms with Crippen LogP contribution in [-0.4, -0.2) is 20.3 Å². The van der Waals surface area contributed by atoms with Crippen molar-refractivity contribution in [2.75, 3.05) is 19.0 Å². The van der Waals surface area contributed by atoms with E-state index in [-0.39, 0.29) is 0 Å². The van der Waals surface area contributed by atoms with Gasteiger partial charge in [0.2, 0.25) is 0 Å². The van der Waals surface area contributed by atoms with Gasteiger partial charge in [0, 0.05) is 26.0 Å². The third-order valence-corrected chi connectivity index (χ3v) is 2.30. The molecule has 0 fully saturated rings. The van der Waals surface area contributed by atoms with Crippen molar-refractivity contribution >= 4 is 18.0 Å². The molecule has 0 saturated heterocycles. The first-order valence-electron chi connectivity index (χ1n) is 4.95. The Bertz CT molecular complexity index is 408. The Labute approximate surface area is 90.3 Å². The smallest absolute Gasteiger partial charge is 0.0636 e. The van der Waals surface area contributed by atoms with Crippen molar-refractivity contribution in [3.05, 3.63) is 47.7 Å². The number of hydrogen-bond acceptors (Lipinski definition) is 2. The molecule has 0 saturated carbocycles. The second kappa shape index (κ2) is 4.13. The maximum Gasteiger partial charge on any atom is 0.0636 e. The topological polar surface area (TPSA) is 15.6 Å². The van der Waals surface area contributed by atoms with E-state index in [1.54, 1.807) is 6.21 Å². The van der Waals surface area contributed by atoms with Gasteiger partial charge in [-0.1, -0.05) is 12.1 Å². The number of allylic oxidation sites excluding steroid dienone is 2. The fourth-order valence-electron chi connectivity index (χ4n) is 1.44. The molecule has 15 heavy (non-hydrogen) atoms. The summed E-state index contributed by atoms with van der Waals surface area (Å²) in [6.45, 7) is 0. The van der Waals surface area contributed by atoms with Gasteiger partial charge in [-0.15, -0.1) is 0 Å². The Morgan fingerprint density at radius 1 is 1.13 bits per heavy atom. The van der Waals surface area contributed by atoms with Crippen LogP contribution in [0, 0.1) is 0 Å². The van der Waals surface area contributed by atoms with Gasteiger partial charge < -0.3 is 4.90 Å². The van der Waals surface area contributed by atoms with E-state index in [1.165, 1.54) is 11.3 Å². The largest absolute Gasteiger partial charge is 0.378 e. The molecule has 0 unspecified atom stereocenters. The quantitative estimate of drug-likeness (QED) is 0.713. The summed E-state index contributed by atoms with van der Waals surface area (Å²) in [4.78, 5) is 6.29. The number of aliphatic imine (C=N–C) groups is 1. The molecule has 1 aromatic rings. The average molecular weight is 198 g/mol. The molecule has 0 spiro atoms. The second-order valence-corrected chi connectivity index (χ2v) is 3.69. The van der Waals surface area contributed by atoms with Gasteiger partial charge in [0.05, 0.1) is 5.70 Å². The first kappa shape index (κ1) is 9.71. The van der Waals surface area contributed by atoms with Crippen LogP contribution in [0.5, 0.6) is 0 Å². The van der Waals surface area contributed by atoms with Gasteiger partial charge in [-0.25, -0.2) is 0 Å². The first-order chi connectivity index (χ1) is 7.25. The molecule has 0 radical (unpaired) electrons. The predicted molar refractivity (Wildman–Crippen MR) is 66.4 cm³/mol. The average Bonchev–Trinajstić information content (AvgIpc) is 2.71. The van der Waals surface area contributed by atoms with Crippen LogP contribution >= 0.6 is 0 Å². The lowest BCUT2D eigenvalue weighted by Crippen LogP contribution is -2.07. The second-order valence-electron chi connectivity index (χ2n) is 3.69.